The van der Waals surface area contributed by atoms with Crippen molar-refractivity contribution >= 4 is 34.3 Å². The molecule has 0 aliphatic heterocycles. The van der Waals surface area contributed by atoms with Crippen molar-refractivity contribution in [2.75, 3.05) is 11.1 Å². The molecule has 0 fully saturated rings. The predicted octanol–water partition coefficient (Wildman–Crippen LogP) is 7.85. The molecule has 4 heteroatoms. The molecule has 0 bridgehead atoms. The van der Waals surface area contributed by atoms with Crippen LogP contribution in [0.25, 0.3) is 21.9 Å². The second kappa shape index (κ2) is 9.61. The molecule has 4 nitrogen and oxygen atoms in total. The standard InChI is InChI=1S/C37H26N2O2/c38-29-21-16-25-6-5-11-35(32(25)22-29)39-36(41)26-14-19-28(20-15-26)37(27-17-12-24(23-40)13-18-27)33-9-3-1-7-30(33)31-8-2-4-10-34(31)37/h1-23H,38H2,(H,39,41). The largest absolute Gasteiger partial charge is 0.399 e. The quantitative estimate of drug-likeness (QED) is 0.176. The van der Waals surface area contributed by atoms with Gasteiger partial charge in [-0.25, -0.2) is 0 Å². The molecule has 0 saturated carbocycles. The van der Waals surface area contributed by atoms with Gasteiger partial charge in [0.1, 0.15) is 6.29 Å². The van der Waals surface area contributed by atoms with Crippen molar-refractivity contribution in [3.8, 4) is 11.1 Å². The number of nitrogens with two attached hydrogens (primary N) is 1. The first kappa shape index (κ1) is 24.6. The summed E-state index contributed by atoms with van der Waals surface area (Å²) in [5.41, 5.74) is 14.8. The first-order chi connectivity index (χ1) is 20.1. The van der Waals surface area contributed by atoms with Crippen LogP contribution in [0.4, 0.5) is 11.4 Å². The zero-order chi connectivity index (χ0) is 28.0. The molecule has 0 heterocycles. The number of hydrogen-bond donors (Lipinski definition) is 2. The topological polar surface area (TPSA) is 72.2 Å². The summed E-state index contributed by atoms with van der Waals surface area (Å²) in [6, 6.07) is 44.1. The number of hydrogen-bond acceptors (Lipinski definition) is 3. The molecule has 1 amide bonds. The lowest BCUT2D eigenvalue weighted by atomic mass is 9.67. The third-order valence-corrected chi connectivity index (χ3v) is 8.17. The van der Waals surface area contributed by atoms with E-state index in [0.717, 1.165) is 28.2 Å². The molecular weight excluding hydrogens is 504 g/mol. The van der Waals surface area contributed by atoms with Gasteiger partial charge in [-0.3, -0.25) is 9.59 Å². The molecule has 0 spiro atoms. The first-order valence-electron chi connectivity index (χ1n) is 13.5. The minimum absolute atomic E-state index is 0.192. The molecule has 7 rings (SSSR count). The number of nitrogens with one attached hydrogen (secondary N) is 1. The Bertz CT molecular complexity index is 1910. The van der Waals surface area contributed by atoms with Crippen molar-refractivity contribution in [3.63, 3.8) is 0 Å². The second-order valence-electron chi connectivity index (χ2n) is 10.4. The summed E-state index contributed by atoms with van der Waals surface area (Å²) in [5.74, 6) is -0.192. The van der Waals surface area contributed by atoms with Crippen LogP contribution in [0.1, 0.15) is 43.0 Å². The molecule has 0 saturated heterocycles. The van der Waals surface area contributed by atoms with Gasteiger partial charge in [-0.05, 0) is 69.1 Å². The van der Waals surface area contributed by atoms with E-state index in [0.29, 0.717) is 22.5 Å². The maximum atomic E-state index is 13.4. The lowest BCUT2D eigenvalue weighted by molar-refractivity contribution is 0.102. The van der Waals surface area contributed by atoms with Gasteiger partial charge in [-0.1, -0.05) is 103 Å². The Morgan fingerprint density at radius 3 is 1.90 bits per heavy atom. The smallest absolute Gasteiger partial charge is 0.255 e. The highest BCUT2D eigenvalue weighted by Gasteiger charge is 2.45. The van der Waals surface area contributed by atoms with Gasteiger partial charge >= 0.3 is 0 Å². The van der Waals surface area contributed by atoms with Crippen LogP contribution in [0.15, 0.2) is 133 Å². The Labute approximate surface area is 238 Å². The van der Waals surface area contributed by atoms with Crippen LogP contribution >= 0.6 is 0 Å². The van der Waals surface area contributed by atoms with Gasteiger partial charge in [0.25, 0.3) is 5.91 Å². The Morgan fingerprint density at radius 2 is 1.27 bits per heavy atom. The molecule has 1 aliphatic carbocycles. The highest BCUT2D eigenvalue weighted by atomic mass is 16.1. The molecule has 41 heavy (non-hydrogen) atoms. The monoisotopic (exact) mass is 530 g/mol. The third kappa shape index (κ3) is 3.84. The zero-order valence-corrected chi connectivity index (χ0v) is 22.2. The van der Waals surface area contributed by atoms with Crippen molar-refractivity contribution in [2.24, 2.45) is 0 Å². The van der Waals surface area contributed by atoms with Gasteiger partial charge < -0.3 is 11.1 Å². The molecule has 196 valence electrons. The van der Waals surface area contributed by atoms with E-state index in [1.807, 2.05) is 84.9 Å². The van der Waals surface area contributed by atoms with Gasteiger partial charge in [0, 0.05) is 27.9 Å². The number of fused-ring (bicyclic) bond motifs is 4. The van der Waals surface area contributed by atoms with Gasteiger partial charge in [0.05, 0.1) is 5.41 Å². The van der Waals surface area contributed by atoms with E-state index in [-0.39, 0.29) is 5.91 Å². The average Bonchev–Trinajstić information content (AvgIpc) is 3.33. The summed E-state index contributed by atoms with van der Waals surface area (Å²) >= 11 is 0. The number of carbonyl (C=O) groups is 2. The number of amides is 1. The van der Waals surface area contributed by atoms with E-state index >= 15 is 0 Å². The number of aldehydes is 1. The van der Waals surface area contributed by atoms with E-state index in [1.54, 1.807) is 0 Å². The Hall–Kier alpha value is -5.48. The van der Waals surface area contributed by atoms with Crippen LogP contribution in [-0.4, -0.2) is 12.2 Å². The van der Waals surface area contributed by atoms with Crippen molar-refractivity contribution in [3.05, 3.63) is 167 Å². The second-order valence-corrected chi connectivity index (χ2v) is 10.4. The summed E-state index contributed by atoms with van der Waals surface area (Å²) < 4.78 is 0. The van der Waals surface area contributed by atoms with E-state index in [9.17, 15) is 9.59 Å². The number of carbonyl (C=O) groups excluding carboxylic acids is 2. The molecule has 6 aromatic rings. The maximum Gasteiger partial charge on any atom is 0.255 e. The predicted molar refractivity (Wildman–Crippen MR) is 165 cm³/mol. The number of rotatable bonds is 5. The van der Waals surface area contributed by atoms with Crippen molar-refractivity contribution < 1.29 is 9.59 Å². The average molecular weight is 531 g/mol. The number of nitrogen functional groups attached to an aromatic ring is 1. The Balaban J connectivity index is 1.34. The van der Waals surface area contributed by atoms with Gasteiger partial charge in [0.2, 0.25) is 0 Å². The van der Waals surface area contributed by atoms with Crippen LogP contribution in [0.2, 0.25) is 0 Å². The van der Waals surface area contributed by atoms with Gasteiger partial charge in [-0.15, -0.1) is 0 Å². The summed E-state index contributed by atoms with van der Waals surface area (Å²) in [4.78, 5) is 24.9. The number of anilines is 2. The normalized spacial score (nSPS) is 12.9. The molecule has 6 aromatic carbocycles. The van der Waals surface area contributed by atoms with Crippen LogP contribution < -0.4 is 11.1 Å². The number of benzene rings is 6. The van der Waals surface area contributed by atoms with E-state index in [2.05, 4.69) is 53.8 Å². The van der Waals surface area contributed by atoms with Gasteiger partial charge in [0.15, 0.2) is 0 Å². The van der Waals surface area contributed by atoms with Crippen LogP contribution in [-0.2, 0) is 5.41 Å². The minimum atomic E-state index is -0.600. The van der Waals surface area contributed by atoms with Crippen molar-refractivity contribution in [1.29, 1.82) is 0 Å². The molecule has 3 N–H and O–H groups in total. The lowest BCUT2D eigenvalue weighted by Gasteiger charge is -2.34. The fraction of sp³-hybridized carbons (Fsp3) is 0.0270. The van der Waals surface area contributed by atoms with Crippen LogP contribution in [0.5, 0.6) is 0 Å². The lowest BCUT2D eigenvalue weighted by Crippen LogP contribution is -2.28. The minimum Gasteiger partial charge on any atom is -0.399 e. The van der Waals surface area contributed by atoms with Crippen LogP contribution in [0.3, 0.4) is 0 Å². The summed E-state index contributed by atoms with van der Waals surface area (Å²) in [7, 11) is 0. The third-order valence-electron chi connectivity index (χ3n) is 8.17. The van der Waals surface area contributed by atoms with Gasteiger partial charge in [-0.2, -0.15) is 0 Å². The summed E-state index contributed by atoms with van der Waals surface area (Å²) in [6.07, 6.45) is 0.866. The first-order valence-corrected chi connectivity index (χ1v) is 13.5. The molecular formula is C37H26N2O2. The van der Waals surface area contributed by atoms with E-state index < -0.39 is 5.41 Å². The molecule has 0 radical (unpaired) electrons. The Morgan fingerprint density at radius 1 is 0.659 bits per heavy atom. The highest BCUT2D eigenvalue weighted by Crippen LogP contribution is 2.55. The SMILES string of the molecule is Nc1ccc2cccc(NC(=O)c3ccc(C4(c5ccc(C=O)cc5)c5ccccc5-c5ccccc54)cc3)c2c1. The molecule has 0 atom stereocenters. The fourth-order valence-corrected chi connectivity index (χ4v) is 6.30. The molecule has 1 aliphatic rings. The summed E-state index contributed by atoms with van der Waals surface area (Å²) in [5, 5.41) is 4.98. The fourth-order valence-electron chi connectivity index (χ4n) is 6.30. The highest BCUT2D eigenvalue weighted by molar-refractivity contribution is 6.09. The van der Waals surface area contributed by atoms with Crippen molar-refractivity contribution in [2.45, 2.75) is 5.41 Å². The molecule has 0 unspecified atom stereocenters. The molecule has 0 aromatic heterocycles. The summed E-state index contributed by atoms with van der Waals surface area (Å²) in [6.45, 7) is 0. The van der Waals surface area contributed by atoms with Crippen molar-refractivity contribution in [1.82, 2.24) is 0 Å². The maximum absolute atomic E-state index is 13.4. The van der Waals surface area contributed by atoms with Crippen LogP contribution in [0, 0.1) is 0 Å². The van der Waals surface area contributed by atoms with E-state index in [1.165, 1.54) is 22.3 Å². The Kier molecular flexibility index (Phi) is 5.76. The zero-order valence-electron chi connectivity index (χ0n) is 22.2. The van der Waals surface area contributed by atoms with E-state index in [4.69, 9.17) is 5.73 Å².